The minimum absolute atomic E-state index is 0.512. The first-order valence-electron chi connectivity index (χ1n) is 5.40. The number of benzene rings is 1. The van der Waals surface area contributed by atoms with E-state index in [4.69, 9.17) is 10.00 Å². The highest BCUT2D eigenvalue weighted by molar-refractivity contribution is 5.83. The summed E-state index contributed by atoms with van der Waals surface area (Å²) in [4.78, 5) is 4.41. The van der Waals surface area contributed by atoms with Gasteiger partial charge in [0.15, 0.2) is 0 Å². The van der Waals surface area contributed by atoms with Crippen molar-refractivity contribution in [1.82, 2.24) is 9.55 Å². The zero-order chi connectivity index (χ0) is 12.0. The van der Waals surface area contributed by atoms with E-state index in [0.717, 1.165) is 16.7 Å². The molecule has 1 aliphatic rings. The van der Waals surface area contributed by atoms with Crippen molar-refractivity contribution in [1.29, 1.82) is 5.26 Å². The smallest absolute Gasteiger partial charge is 0.302 e. The predicted molar refractivity (Wildman–Crippen MR) is 64.3 cm³/mol. The van der Waals surface area contributed by atoms with Gasteiger partial charge in [-0.15, -0.1) is 0 Å². The van der Waals surface area contributed by atoms with Crippen LogP contribution in [0.25, 0.3) is 16.7 Å². The molecule has 1 aromatic carbocycles. The Labute approximate surface area is 98.8 Å². The first-order valence-corrected chi connectivity index (χ1v) is 5.40. The summed E-state index contributed by atoms with van der Waals surface area (Å²) in [5.41, 5.74) is 2.15. The summed E-state index contributed by atoms with van der Waals surface area (Å²) in [7, 11) is 0. The van der Waals surface area contributed by atoms with Crippen LogP contribution >= 0.6 is 0 Å². The quantitative estimate of drug-likeness (QED) is 0.647. The highest BCUT2D eigenvalue weighted by Gasteiger charge is 2.38. The van der Waals surface area contributed by atoms with Crippen LogP contribution in [-0.2, 0) is 0 Å². The Balaban J connectivity index is 2.35. The molecule has 0 saturated heterocycles. The third kappa shape index (κ3) is 1.26. The van der Waals surface area contributed by atoms with Crippen molar-refractivity contribution in [2.24, 2.45) is 0 Å². The molecule has 4 heteroatoms. The summed E-state index contributed by atoms with van der Waals surface area (Å²) in [6.45, 7) is 3.86. The highest BCUT2D eigenvalue weighted by atomic mass is 16.5. The molecule has 4 nitrogen and oxygen atoms in total. The number of ether oxygens (including phenoxy) is 1. The number of fused-ring (bicyclic) bond motifs is 3. The molecule has 2 heterocycles. The maximum Gasteiger partial charge on any atom is 0.302 e. The topological polar surface area (TPSA) is 50.8 Å². The van der Waals surface area contributed by atoms with Crippen LogP contribution in [-0.4, -0.2) is 15.2 Å². The Morgan fingerprint density at radius 2 is 2.18 bits per heavy atom. The van der Waals surface area contributed by atoms with Gasteiger partial charge in [-0.3, -0.25) is 4.57 Å². The monoisotopic (exact) mass is 225 g/mol. The van der Waals surface area contributed by atoms with Gasteiger partial charge in [-0.1, -0.05) is 12.1 Å². The number of imidazole rings is 1. The van der Waals surface area contributed by atoms with Crippen molar-refractivity contribution < 1.29 is 4.74 Å². The Bertz CT molecular complexity index is 674. The van der Waals surface area contributed by atoms with Gasteiger partial charge in [0.2, 0.25) is 0 Å². The van der Waals surface area contributed by atoms with Crippen molar-refractivity contribution in [3.63, 3.8) is 0 Å². The van der Waals surface area contributed by atoms with E-state index in [0.29, 0.717) is 6.01 Å². The van der Waals surface area contributed by atoms with Crippen LogP contribution in [0.1, 0.15) is 13.8 Å². The molecule has 0 unspecified atom stereocenters. The Hall–Kier alpha value is -2.28. The first kappa shape index (κ1) is 9.91. The average Bonchev–Trinajstić information content (AvgIpc) is 2.73. The summed E-state index contributed by atoms with van der Waals surface area (Å²) in [6, 6.07) is 10.4. The van der Waals surface area contributed by atoms with Crippen LogP contribution in [0.2, 0.25) is 0 Å². The van der Waals surface area contributed by atoms with Crippen LogP contribution in [0.4, 0.5) is 0 Å². The Morgan fingerprint density at radius 1 is 1.41 bits per heavy atom. The van der Waals surface area contributed by atoms with Gasteiger partial charge in [0, 0.05) is 6.08 Å². The van der Waals surface area contributed by atoms with E-state index in [1.165, 1.54) is 6.08 Å². The van der Waals surface area contributed by atoms with Gasteiger partial charge >= 0.3 is 6.01 Å². The van der Waals surface area contributed by atoms with Gasteiger partial charge in [0.05, 0.1) is 22.8 Å². The molecule has 0 fully saturated rings. The minimum Gasteiger partial charge on any atom is -0.452 e. The maximum absolute atomic E-state index is 8.88. The molecule has 0 amide bonds. The lowest BCUT2D eigenvalue weighted by Crippen LogP contribution is -2.25. The van der Waals surface area contributed by atoms with E-state index in [9.17, 15) is 0 Å². The van der Waals surface area contributed by atoms with Crippen LogP contribution in [0.15, 0.2) is 30.3 Å². The number of nitriles is 1. The molecular formula is C13H11N3O. The molecule has 0 aliphatic carbocycles. The van der Waals surface area contributed by atoms with Crippen LogP contribution in [0.5, 0.6) is 6.01 Å². The third-order valence-corrected chi connectivity index (χ3v) is 2.94. The highest BCUT2D eigenvalue weighted by Crippen LogP contribution is 2.40. The largest absolute Gasteiger partial charge is 0.452 e. The lowest BCUT2D eigenvalue weighted by atomic mass is 10.1. The molecule has 0 spiro atoms. The number of nitrogens with zero attached hydrogens (tertiary/aromatic N) is 3. The van der Waals surface area contributed by atoms with Gasteiger partial charge in [-0.25, -0.2) is 0 Å². The SMILES string of the molecule is CC1(C)Oc2nc3ccccc3n2/C1=C/C#N. The van der Waals surface area contributed by atoms with Crippen molar-refractivity contribution in [2.75, 3.05) is 0 Å². The van der Waals surface area contributed by atoms with Crippen LogP contribution in [0, 0.1) is 11.3 Å². The first-order chi connectivity index (χ1) is 8.13. The van der Waals surface area contributed by atoms with E-state index in [1.54, 1.807) is 0 Å². The molecule has 0 atom stereocenters. The average molecular weight is 225 g/mol. The summed E-state index contributed by atoms with van der Waals surface area (Å²) < 4.78 is 7.68. The van der Waals surface area contributed by atoms with E-state index in [2.05, 4.69) is 11.1 Å². The molecule has 0 N–H and O–H groups in total. The second-order valence-corrected chi connectivity index (χ2v) is 4.49. The van der Waals surface area contributed by atoms with Crippen molar-refractivity contribution in [3.05, 3.63) is 30.3 Å². The van der Waals surface area contributed by atoms with Gasteiger partial charge in [0.25, 0.3) is 0 Å². The summed E-state index contributed by atoms with van der Waals surface area (Å²) in [6.07, 6.45) is 1.52. The molecule has 1 aromatic heterocycles. The fraction of sp³-hybridized carbons (Fsp3) is 0.231. The molecule has 84 valence electrons. The van der Waals surface area contributed by atoms with Crippen molar-refractivity contribution >= 4 is 16.7 Å². The molecule has 0 bridgehead atoms. The molecule has 1 aliphatic heterocycles. The lowest BCUT2D eigenvalue weighted by Gasteiger charge is -2.18. The van der Waals surface area contributed by atoms with E-state index < -0.39 is 5.60 Å². The maximum atomic E-state index is 8.88. The number of para-hydroxylation sites is 2. The lowest BCUT2D eigenvalue weighted by molar-refractivity contribution is 0.182. The fourth-order valence-electron chi connectivity index (χ4n) is 2.15. The van der Waals surface area contributed by atoms with Gasteiger partial charge < -0.3 is 4.74 Å². The standard InChI is InChI=1S/C13H11N3O/c1-13(2)11(7-8-14)16-10-6-4-3-5-9(10)15-12(16)17-13/h3-7H,1-2H3/b11-7+. The van der Waals surface area contributed by atoms with Gasteiger partial charge in [0.1, 0.15) is 5.60 Å². The molecular weight excluding hydrogens is 214 g/mol. The van der Waals surface area contributed by atoms with Gasteiger partial charge in [-0.2, -0.15) is 10.2 Å². The summed E-state index contributed by atoms with van der Waals surface area (Å²) >= 11 is 0. The third-order valence-electron chi connectivity index (χ3n) is 2.94. The molecule has 17 heavy (non-hydrogen) atoms. The number of allylic oxidation sites excluding steroid dienone is 1. The Kier molecular flexibility index (Phi) is 1.81. The number of hydrogen-bond donors (Lipinski definition) is 0. The number of hydrogen-bond acceptors (Lipinski definition) is 3. The molecule has 2 aromatic rings. The van der Waals surface area contributed by atoms with Crippen molar-refractivity contribution in [3.8, 4) is 12.1 Å². The minimum atomic E-state index is -0.512. The number of aromatic nitrogens is 2. The molecule has 0 radical (unpaired) electrons. The van der Waals surface area contributed by atoms with E-state index in [1.807, 2.05) is 42.7 Å². The van der Waals surface area contributed by atoms with Crippen molar-refractivity contribution in [2.45, 2.75) is 19.4 Å². The second-order valence-electron chi connectivity index (χ2n) is 4.49. The summed E-state index contributed by atoms with van der Waals surface area (Å²) in [5.74, 6) is 0. The van der Waals surface area contributed by atoms with Crippen LogP contribution in [0.3, 0.4) is 0 Å². The number of rotatable bonds is 0. The summed E-state index contributed by atoms with van der Waals surface area (Å²) in [5, 5.41) is 8.88. The predicted octanol–water partition coefficient (Wildman–Crippen LogP) is 2.57. The Morgan fingerprint density at radius 3 is 2.94 bits per heavy atom. The molecule has 3 rings (SSSR count). The van der Waals surface area contributed by atoms with Gasteiger partial charge in [-0.05, 0) is 26.0 Å². The van der Waals surface area contributed by atoms with E-state index in [-0.39, 0.29) is 0 Å². The molecule has 0 saturated carbocycles. The van der Waals surface area contributed by atoms with E-state index >= 15 is 0 Å². The van der Waals surface area contributed by atoms with Crippen LogP contribution < -0.4 is 4.74 Å². The zero-order valence-electron chi connectivity index (χ0n) is 9.64. The zero-order valence-corrected chi connectivity index (χ0v) is 9.64. The second kappa shape index (κ2) is 3.11. The fourth-order valence-corrected chi connectivity index (χ4v) is 2.15. The normalized spacial score (nSPS) is 19.0.